The topological polar surface area (TPSA) is 12.0 Å². The van der Waals surface area contributed by atoms with Gasteiger partial charge in [0.2, 0.25) is 0 Å². The van der Waals surface area contributed by atoms with E-state index in [2.05, 4.69) is 5.32 Å². The normalized spacial score (nSPS) is 13.0. The Labute approximate surface area is 86.8 Å². The largest absolute Gasteiger partial charge is 0.313 e. The first-order valence-corrected chi connectivity index (χ1v) is 4.63. The number of hydrogen-bond acceptors (Lipinski definition) is 1. The number of halogens is 3. The van der Waals surface area contributed by atoms with Crippen LogP contribution in [0.3, 0.4) is 0 Å². The summed E-state index contributed by atoms with van der Waals surface area (Å²) in [4.78, 5) is 0. The molecule has 0 saturated carbocycles. The Kier molecular flexibility index (Phi) is 3.54. The van der Waals surface area contributed by atoms with E-state index in [1.54, 1.807) is 13.1 Å². The summed E-state index contributed by atoms with van der Waals surface area (Å²) in [5.74, 6) is -0.480. The third-order valence-corrected chi connectivity index (χ3v) is 2.72. The number of nitrogens with one attached hydrogen (secondary N) is 1. The molecule has 1 nitrogen and oxygen atoms in total. The van der Waals surface area contributed by atoms with E-state index in [-0.39, 0.29) is 16.1 Å². The quantitative estimate of drug-likeness (QED) is 0.756. The zero-order valence-electron chi connectivity index (χ0n) is 7.37. The van der Waals surface area contributed by atoms with Crippen molar-refractivity contribution in [1.29, 1.82) is 0 Å². The van der Waals surface area contributed by atoms with E-state index in [9.17, 15) is 4.39 Å². The third-order valence-electron chi connectivity index (χ3n) is 1.94. The van der Waals surface area contributed by atoms with Crippen LogP contribution in [-0.4, -0.2) is 7.05 Å². The maximum atomic E-state index is 13.1. The van der Waals surface area contributed by atoms with Crippen LogP contribution in [0, 0.1) is 5.82 Å². The fraction of sp³-hybridized carbons (Fsp3) is 0.333. The van der Waals surface area contributed by atoms with Gasteiger partial charge in [-0.1, -0.05) is 23.2 Å². The molecular formula is C9H10Cl2FN. The predicted octanol–water partition coefficient (Wildman–Crippen LogP) is 3.41. The molecule has 1 N–H and O–H groups in total. The van der Waals surface area contributed by atoms with E-state index in [1.165, 1.54) is 6.07 Å². The van der Waals surface area contributed by atoms with Crippen molar-refractivity contribution in [2.75, 3.05) is 7.05 Å². The van der Waals surface area contributed by atoms with Crippen molar-refractivity contribution in [2.24, 2.45) is 0 Å². The number of benzene rings is 1. The molecule has 1 atom stereocenters. The second-order valence-corrected chi connectivity index (χ2v) is 3.59. The molecule has 4 heteroatoms. The highest BCUT2D eigenvalue weighted by molar-refractivity contribution is 6.42. The Morgan fingerprint density at radius 1 is 1.38 bits per heavy atom. The second kappa shape index (κ2) is 4.27. The van der Waals surface area contributed by atoms with Crippen LogP contribution in [-0.2, 0) is 0 Å². The fourth-order valence-corrected chi connectivity index (χ4v) is 1.32. The van der Waals surface area contributed by atoms with Gasteiger partial charge in [0.05, 0.1) is 10.0 Å². The average Bonchev–Trinajstić information content (AvgIpc) is 2.12. The molecule has 0 bridgehead atoms. The molecule has 1 aromatic carbocycles. The predicted molar refractivity (Wildman–Crippen MR) is 53.9 cm³/mol. The van der Waals surface area contributed by atoms with Crippen LogP contribution in [0.5, 0.6) is 0 Å². The van der Waals surface area contributed by atoms with E-state index in [4.69, 9.17) is 23.2 Å². The zero-order valence-corrected chi connectivity index (χ0v) is 8.88. The van der Waals surface area contributed by atoms with Crippen LogP contribution in [0.4, 0.5) is 4.39 Å². The van der Waals surface area contributed by atoms with E-state index < -0.39 is 5.82 Å². The lowest BCUT2D eigenvalue weighted by atomic mass is 10.1. The molecule has 13 heavy (non-hydrogen) atoms. The molecule has 0 heterocycles. The summed E-state index contributed by atoms with van der Waals surface area (Å²) in [5, 5.41) is 3.22. The molecule has 1 aromatic rings. The summed E-state index contributed by atoms with van der Waals surface area (Å²) in [6, 6.07) is 3.10. The lowest BCUT2D eigenvalue weighted by Gasteiger charge is -2.11. The van der Waals surface area contributed by atoms with Crippen LogP contribution in [0.2, 0.25) is 10.0 Å². The Balaban J connectivity index is 3.13. The number of rotatable bonds is 2. The van der Waals surface area contributed by atoms with Crippen molar-refractivity contribution < 1.29 is 4.39 Å². The molecule has 1 unspecified atom stereocenters. The van der Waals surface area contributed by atoms with Gasteiger partial charge in [-0.2, -0.15) is 0 Å². The maximum absolute atomic E-state index is 13.1. The average molecular weight is 222 g/mol. The first-order chi connectivity index (χ1) is 6.06. The summed E-state index contributed by atoms with van der Waals surface area (Å²) in [6.07, 6.45) is 0. The van der Waals surface area contributed by atoms with Crippen LogP contribution in [0.15, 0.2) is 12.1 Å². The van der Waals surface area contributed by atoms with Crippen molar-refractivity contribution in [3.63, 3.8) is 0 Å². The lowest BCUT2D eigenvalue weighted by molar-refractivity contribution is 0.609. The summed E-state index contributed by atoms with van der Waals surface area (Å²) in [7, 11) is 1.80. The van der Waals surface area contributed by atoms with E-state index in [1.807, 2.05) is 6.92 Å². The summed E-state index contributed by atoms with van der Waals surface area (Å²) >= 11 is 11.3. The smallest absolute Gasteiger partial charge is 0.143 e. The minimum absolute atomic E-state index is 0.0197. The molecule has 0 amide bonds. The van der Waals surface area contributed by atoms with Gasteiger partial charge in [0, 0.05) is 6.04 Å². The van der Waals surface area contributed by atoms with Gasteiger partial charge in [-0.3, -0.25) is 0 Å². The molecular weight excluding hydrogens is 212 g/mol. The zero-order chi connectivity index (χ0) is 10.0. The monoisotopic (exact) mass is 221 g/mol. The fourth-order valence-electron chi connectivity index (χ4n) is 0.992. The summed E-state index contributed by atoms with van der Waals surface area (Å²) < 4.78 is 13.1. The minimum Gasteiger partial charge on any atom is -0.313 e. The second-order valence-electron chi connectivity index (χ2n) is 2.81. The lowest BCUT2D eigenvalue weighted by Crippen LogP contribution is -2.12. The Bertz CT molecular complexity index is 291. The van der Waals surface area contributed by atoms with E-state index >= 15 is 0 Å². The molecule has 1 rings (SSSR count). The van der Waals surface area contributed by atoms with Gasteiger partial charge < -0.3 is 5.32 Å². The first-order valence-electron chi connectivity index (χ1n) is 3.88. The third kappa shape index (κ3) is 2.33. The van der Waals surface area contributed by atoms with Crippen molar-refractivity contribution in [3.05, 3.63) is 33.6 Å². The van der Waals surface area contributed by atoms with Crippen molar-refractivity contribution >= 4 is 23.2 Å². The maximum Gasteiger partial charge on any atom is 0.143 e. The molecule has 0 aliphatic rings. The van der Waals surface area contributed by atoms with Crippen molar-refractivity contribution in [1.82, 2.24) is 5.32 Å². The van der Waals surface area contributed by atoms with Gasteiger partial charge in [0.15, 0.2) is 0 Å². The summed E-state index contributed by atoms with van der Waals surface area (Å²) in [6.45, 7) is 1.92. The van der Waals surface area contributed by atoms with Crippen molar-refractivity contribution in [2.45, 2.75) is 13.0 Å². The van der Waals surface area contributed by atoms with Gasteiger partial charge in [-0.05, 0) is 31.7 Å². The standard InChI is InChI=1S/C9H10Cl2FN/c1-5(13-2)6-3-7(10)9(11)8(12)4-6/h3-5,13H,1-2H3. The molecule has 0 saturated heterocycles. The van der Waals surface area contributed by atoms with Crippen LogP contribution < -0.4 is 5.32 Å². The summed E-state index contributed by atoms with van der Waals surface area (Å²) in [5.41, 5.74) is 0.786. The highest BCUT2D eigenvalue weighted by atomic mass is 35.5. The van der Waals surface area contributed by atoms with Gasteiger partial charge in [-0.15, -0.1) is 0 Å². The molecule has 0 aliphatic heterocycles. The minimum atomic E-state index is -0.480. The molecule has 0 aromatic heterocycles. The molecule has 72 valence electrons. The highest BCUT2D eigenvalue weighted by Crippen LogP contribution is 2.28. The van der Waals surface area contributed by atoms with Gasteiger partial charge >= 0.3 is 0 Å². The Morgan fingerprint density at radius 2 is 2.00 bits per heavy atom. The Hall–Kier alpha value is -0.310. The molecule has 0 radical (unpaired) electrons. The Morgan fingerprint density at radius 3 is 2.46 bits per heavy atom. The van der Waals surface area contributed by atoms with Crippen LogP contribution >= 0.6 is 23.2 Å². The SMILES string of the molecule is CNC(C)c1cc(F)c(Cl)c(Cl)c1. The molecule has 0 aliphatic carbocycles. The number of hydrogen-bond donors (Lipinski definition) is 1. The molecule has 0 spiro atoms. The van der Waals surface area contributed by atoms with Gasteiger partial charge in [0.1, 0.15) is 5.82 Å². The highest BCUT2D eigenvalue weighted by Gasteiger charge is 2.10. The van der Waals surface area contributed by atoms with E-state index in [0.717, 1.165) is 5.56 Å². The molecule has 0 fully saturated rings. The van der Waals surface area contributed by atoms with Gasteiger partial charge in [-0.25, -0.2) is 4.39 Å². The van der Waals surface area contributed by atoms with E-state index in [0.29, 0.717) is 0 Å². The van der Waals surface area contributed by atoms with Crippen LogP contribution in [0.1, 0.15) is 18.5 Å². The van der Waals surface area contributed by atoms with Gasteiger partial charge in [0.25, 0.3) is 0 Å². The van der Waals surface area contributed by atoms with Crippen molar-refractivity contribution in [3.8, 4) is 0 Å². The van der Waals surface area contributed by atoms with Crippen LogP contribution in [0.25, 0.3) is 0 Å². The first kappa shape index (κ1) is 10.8.